The van der Waals surface area contributed by atoms with Gasteiger partial charge in [-0.05, 0) is 41.9 Å². The third-order valence-electron chi connectivity index (χ3n) is 9.50. The van der Waals surface area contributed by atoms with Gasteiger partial charge in [0.05, 0.1) is 37.0 Å². The molecule has 1 aliphatic heterocycles. The number of aliphatic hydroxyl groups is 2. The van der Waals surface area contributed by atoms with E-state index in [4.69, 9.17) is 9.47 Å². The van der Waals surface area contributed by atoms with Crippen LogP contribution < -0.4 is 10.6 Å². The molecule has 1 saturated carbocycles. The zero-order valence-electron chi connectivity index (χ0n) is 25.9. The number of carbonyl (C=O) groups is 2. The number of benzene rings is 2. The maximum absolute atomic E-state index is 13.9. The minimum absolute atomic E-state index is 0.0839. The molecule has 45 heavy (non-hydrogen) atoms. The number of alkyl carbamates (subject to hydrolysis) is 1. The molecule has 0 aromatic heterocycles. The molecule has 3 aliphatic rings. The number of hydrogen-bond donors (Lipinski definition) is 4. The lowest BCUT2D eigenvalue weighted by Gasteiger charge is -2.32. The number of fused-ring (bicyclic) bond motifs is 1. The van der Waals surface area contributed by atoms with Crippen molar-refractivity contribution in [1.29, 1.82) is 0 Å². The summed E-state index contributed by atoms with van der Waals surface area (Å²) in [5.74, 6) is -0.397. The van der Waals surface area contributed by atoms with Crippen molar-refractivity contribution < 1.29 is 29.3 Å². The molecule has 2 aromatic carbocycles. The molecular weight excluding hydrogens is 683 g/mol. The summed E-state index contributed by atoms with van der Waals surface area (Å²) in [6, 6.07) is 16.6. The Hall–Kier alpha value is -2.47. The van der Waals surface area contributed by atoms with E-state index in [-0.39, 0.29) is 24.5 Å². The first-order chi connectivity index (χ1) is 21.9. The number of rotatable bonds is 13. The summed E-state index contributed by atoms with van der Waals surface area (Å²) in [6.45, 7) is 0.378. The molecule has 9 heteroatoms. The average Bonchev–Trinajstić information content (AvgIpc) is 3.64. The summed E-state index contributed by atoms with van der Waals surface area (Å²) in [7, 11) is 0. The Morgan fingerprint density at radius 1 is 1.07 bits per heavy atom. The Bertz CT molecular complexity index is 1270. The predicted molar refractivity (Wildman–Crippen MR) is 183 cm³/mol. The monoisotopic (exact) mass is 730 g/mol. The van der Waals surface area contributed by atoms with Crippen LogP contribution in [0.2, 0.25) is 0 Å². The van der Waals surface area contributed by atoms with E-state index in [1.807, 2.05) is 66.7 Å². The topological polar surface area (TPSA) is 117 Å². The molecule has 2 fully saturated rings. The van der Waals surface area contributed by atoms with Gasteiger partial charge in [-0.25, -0.2) is 4.79 Å². The molecule has 1 saturated heterocycles. The molecular formula is C36H47IN2O6. The predicted octanol–water partition coefficient (Wildman–Crippen LogP) is 5.89. The van der Waals surface area contributed by atoms with E-state index in [1.165, 1.54) is 6.42 Å². The fraction of sp³-hybridized carbons (Fsp3) is 0.556. The summed E-state index contributed by atoms with van der Waals surface area (Å²) in [6.07, 6.45) is 9.51. The Kier molecular flexibility index (Phi) is 12.7. The number of aliphatic hydroxyl groups excluding tert-OH is 2. The molecule has 2 aliphatic carbocycles. The zero-order chi connectivity index (χ0) is 31.6. The van der Waals surface area contributed by atoms with E-state index in [1.54, 1.807) is 0 Å². The van der Waals surface area contributed by atoms with E-state index in [0.29, 0.717) is 38.2 Å². The lowest BCUT2D eigenvalue weighted by atomic mass is 9.82. The highest BCUT2D eigenvalue weighted by atomic mass is 127. The van der Waals surface area contributed by atoms with Crippen molar-refractivity contribution in [3.63, 3.8) is 0 Å². The highest BCUT2D eigenvalue weighted by molar-refractivity contribution is 14.1. The molecule has 5 rings (SSSR count). The first-order valence-electron chi connectivity index (χ1n) is 16.5. The van der Waals surface area contributed by atoms with Crippen LogP contribution >= 0.6 is 22.6 Å². The third kappa shape index (κ3) is 9.76. The van der Waals surface area contributed by atoms with Gasteiger partial charge in [-0.3, -0.25) is 4.79 Å². The molecule has 0 spiro atoms. The van der Waals surface area contributed by atoms with E-state index in [9.17, 15) is 19.8 Å². The summed E-state index contributed by atoms with van der Waals surface area (Å²) in [5.41, 5.74) is 2.99. The molecule has 0 unspecified atom stereocenters. The number of amides is 2. The van der Waals surface area contributed by atoms with Gasteiger partial charge in [0.25, 0.3) is 0 Å². The third-order valence-corrected chi connectivity index (χ3v) is 10.5. The van der Waals surface area contributed by atoms with Gasteiger partial charge in [0, 0.05) is 23.2 Å². The van der Waals surface area contributed by atoms with Gasteiger partial charge in [-0.1, -0.05) is 121 Å². The van der Waals surface area contributed by atoms with E-state index >= 15 is 0 Å². The summed E-state index contributed by atoms with van der Waals surface area (Å²) >= 11 is 2.27. The van der Waals surface area contributed by atoms with Crippen LogP contribution in [0.1, 0.15) is 80.5 Å². The van der Waals surface area contributed by atoms with Gasteiger partial charge in [-0.15, -0.1) is 0 Å². The average molecular weight is 731 g/mol. The van der Waals surface area contributed by atoms with Crippen LogP contribution in [0.15, 0.2) is 60.7 Å². The van der Waals surface area contributed by atoms with Crippen LogP contribution in [0.5, 0.6) is 0 Å². The fourth-order valence-electron chi connectivity index (χ4n) is 7.01. The van der Waals surface area contributed by atoms with Crippen molar-refractivity contribution in [2.75, 3.05) is 11.0 Å². The minimum Gasteiger partial charge on any atom is -0.444 e. The van der Waals surface area contributed by atoms with Gasteiger partial charge in [0.15, 0.2) is 0 Å². The van der Waals surface area contributed by atoms with Crippen molar-refractivity contribution in [1.82, 2.24) is 10.6 Å². The fourth-order valence-corrected chi connectivity index (χ4v) is 7.62. The number of alkyl halides is 1. The number of carbonyl (C=O) groups excluding carboxylic acids is 2. The van der Waals surface area contributed by atoms with Crippen molar-refractivity contribution in [2.24, 2.45) is 11.8 Å². The largest absolute Gasteiger partial charge is 0.444 e. The Morgan fingerprint density at radius 2 is 1.82 bits per heavy atom. The second kappa shape index (κ2) is 16.9. The van der Waals surface area contributed by atoms with Crippen LogP contribution in [-0.4, -0.2) is 63.7 Å². The van der Waals surface area contributed by atoms with Crippen LogP contribution in [0.3, 0.4) is 0 Å². The molecule has 244 valence electrons. The Labute approximate surface area is 280 Å². The Balaban J connectivity index is 1.29. The van der Waals surface area contributed by atoms with Crippen molar-refractivity contribution in [2.45, 2.75) is 101 Å². The normalized spacial score (nSPS) is 25.4. The molecule has 4 N–H and O–H groups in total. The van der Waals surface area contributed by atoms with E-state index in [2.05, 4.69) is 33.2 Å². The van der Waals surface area contributed by atoms with Crippen molar-refractivity contribution in [3.8, 4) is 0 Å². The first-order valence-corrected chi connectivity index (χ1v) is 18.0. The maximum atomic E-state index is 13.9. The number of nitrogens with one attached hydrogen (secondary N) is 2. The Morgan fingerprint density at radius 3 is 2.58 bits per heavy atom. The molecule has 7 atom stereocenters. The number of ether oxygens (including phenoxy) is 2. The van der Waals surface area contributed by atoms with Gasteiger partial charge < -0.3 is 30.3 Å². The van der Waals surface area contributed by atoms with Crippen molar-refractivity contribution >= 4 is 40.7 Å². The van der Waals surface area contributed by atoms with Gasteiger partial charge >= 0.3 is 6.09 Å². The van der Waals surface area contributed by atoms with Gasteiger partial charge in [0.2, 0.25) is 5.91 Å². The molecule has 8 nitrogen and oxygen atoms in total. The summed E-state index contributed by atoms with van der Waals surface area (Å²) in [5, 5.41) is 28.6. The number of allylic oxidation sites excluding steroid dienone is 1. The van der Waals surface area contributed by atoms with Crippen LogP contribution in [0, 0.1) is 11.8 Å². The highest BCUT2D eigenvalue weighted by Gasteiger charge is 2.36. The second-order valence-electron chi connectivity index (χ2n) is 12.9. The highest BCUT2D eigenvalue weighted by Crippen LogP contribution is 2.33. The maximum Gasteiger partial charge on any atom is 0.407 e. The lowest BCUT2D eigenvalue weighted by molar-refractivity contribution is -0.127. The van der Waals surface area contributed by atoms with Gasteiger partial charge in [0.1, 0.15) is 6.10 Å². The number of hydrogen-bond acceptors (Lipinski definition) is 6. The summed E-state index contributed by atoms with van der Waals surface area (Å²) in [4.78, 5) is 26.9. The molecule has 1 heterocycles. The smallest absolute Gasteiger partial charge is 0.407 e. The molecule has 0 bridgehead atoms. The van der Waals surface area contributed by atoms with Crippen molar-refractivity contribution in [3.05, 3.63) is 77.4 Å². The van der Waals surface area contributed by atoms with E-state index in [0.717, 1.165) is 46.8 Å². The molecule has 0 radical (unpaired) electrons. The van der Waals surface area contributed by atoms with Gasteiger partial charge in [-0.2, -0.15) is 0 Å². The van der Waals surface area contributed by atoms with Crippen LogP contribution in [-0.2, 0) is 20.7 Å². The quantitative estimate of drug-likeness (QED) is 0.151. The lowest BCUT2D eigenvalue weighted by Crippen LogP contribution is -2.47. The minimum atomic E-state index is -0.955. The second-order valence-corrected chi connectivity index (χ2v) is 13.7. The zero-order valence-corrected chi connectivity index (χ0v) is 28.0. The SMILES string of the molecule is O=C(N[C@@H](CC1CCCCC1)[C@@H](O)C[C@@H](CC=Cc1ccccc1)C(=O)N[C@H]1c2ccccc2C[C@H]1O)O[C@@H]1CO[C@H](CI)C1. The van der Waals surface area contributed by atoms with Crippen LogP contribution in [0.4, 0.5) is 4.79 Å². The first kappa shape index (κ1) is 33.9. The molecule has 2 aromatic rings. The van der Waals surface area contributed by atoms with Crippen LogP contribution in [0.25, 0.3) is 6.08 Å². The summed E-state index contributed by atoms with van der Waals surface area (Å²) < 4.78 is 12.2. The van der Waals surface area contributed by atoms with E-state index < -0.39 is 36.3 Å². The standard InChI is InChI=1S/C36H47IN2O6/c37-22-28-21-29(23-44-28)45-36(43)38-31(18-25-12-5-2-6-13-25)32(40)20-27(16-9-14-24-10-3-1-4-11-24)35(42)39-34-30-17-8-7-15-26(30)19-33(34)41/h1,3-4,7-11,14-15,17,25,27-29,31-34,40-41H,2,5-6,12-13,16,18-23H2,(H,38,43)(H,39,42)/t27-,28+,29+,31+,32+,33-,34+/m1/s1. The number of halogens is 1. The molecule has 2 amide bonds.